The molecule has 0 N–H and O–H groups in total. The molecule has 0 amide bonds. The Morgan fingerprint density at radius 3 is 1.78 bits per heavy atom. The highest BCUT2D eigenvalue weighted by Gasteiger charge is 2.32. The quantitative estimate of drug-likeness (QED) is 0.451. The highest BCUT2D eigenvalue weighted by Crippen LogP contribution is 2.32. The second kappa shape index (κ2) is 13.9. The number of hydrogen-bond donors (Lipinski definition) is 0. The number of nitriles is 2. The number of benzene rings is 1. The monoisotopic (exact) mass is 486 g/mol. The van der Waals surface area contributed by atoms with Gasteiger partial charge in [0.25, 0.3) is 0 Å². The molecule has 0 radical (unpaired) electrons. The predicted octanol–water partition coefficient (Wildman–Crippen LogP) is 3.74. The molecule has 1 aromatic carbocycles. The molecule has 1 saturated carbocycles. The third-order valence-electron chi connectivity index (χ3n) is 7.70. The molecule has 8 heteroatoms. The first kappa shape index (κ1) is 26.1. The van der Waals surface area contributed by atoms with Gasteiger partial charge in [-0.1, -0.05) is 62.4 Å². The summed E-state index contributed by atoms with van der Waals surface area (Å²) < 4.78 is 0. The van der Waals surface area contributed by atoms with Crippen LogP contribution >= 0.6 is 0 Å². The lowest BCUT2D eigenvalue weighted by Crippen LogP contribution is -2.51. The second-order valence-corrected chi connectivity index (χ2v) is 10.4. The van der Waals surface area contributed by atoms with E-state index in [1.165, 1.54) is 37.7 Å². The summed E-state index contributed by atoms with van der Waals surface area (Å²) in [4.78, 5) is 17.3. The average molecular weight is 487 g/mol. The normalized spacial score (nSPS) is 24.5. The van der Waals surface area contributed by atoms with Crippen LogP contribution in [0.1, 0.15) is 43.6 Å². The smallest absolute Gasteiger partial charge is 0.277 e. The van der Waals surface area contributed by atoms with Crippen LogP contribution in [0.2, 0.25) is 0 Å². The van der Waals surface area contributed by atoms with E-state index < -0.39 is 0 Å². The summed E-state index contributed by atoms with van der Waals surface area (Å²) in [6.07, 6.45) is 6.70. The Kier molecular flexibility index (Phi) is 10.1. The molecule has 0 bridgehead atoms. The van der Waals surface area contributed by atoms with Gasteiger partial charge in [0.15, 0.2) is 0 Å². The van der Waals surface area contributed by atoms with E-state index in [0.717, 1.165) is 45.4 Å². The molecule has 3 fully saturated rings. The maximum atomic E-state index is 9.22. The third-order valence-corrected chi connectivity index (χ3v) is 7.70. The fourth-order valence-electron chi connectivity index (χ4n) is 6.03. The molecule has 3 aliphatic rings. The molecule has 2 atom stereocenters. The minimum Gasteiger partial charge on any atom is -0.277 e. The van der Waals surface area contributed by atoms with Crippen molar-refractivity contribution in [2.75, 3.05) is 65.7 Å². The molecule has 2 unspecified atom stereocenters. The molecule has 2 aliphatic heterocycles. The van der Waals surface area contributed by atoms with E-state index in [1.807, 2.05) is 6.07 Å². The minimum atomic E-state index is 0.359. The summed E-state index contributed by atoms with van der Waals surface area (Å²) in [5.41, 5.74) is 1.30. The lowest BCUT2D eigenvalue weighted by atomic mass is 9.79. The minimum absolute atomic E-state index is 0.359. The lowest BCUT2D eigenvalue weighted by molar-refractivity contribution is 0.0337. The molecule has 36 heavy (non-hydrogen) atoms. The Balaban J connectivity index is 1.29. The van der Waals surface area contributed by atoms with Crippen molar-refractivity contribution in [2.24, 2.45) is 11.8 Å². The van der Waals surface area contributed by atoms with Gasteiger partial charge in [0.05, 0.1) is 38.6 Å². The van der Waals surface area contributed by atoms with E-state index in [2.05, 4.69) is 78.1 Å². The zero-order valence-corrected chi connectivity index (χ0v) is 21.3. The molecule has 4 rings (SSSR count). The van der Waals surface area contributed by atoms with Crippen molar-refractivity contribution >= 4 is 0 Å². The van der Waals surface area contributed by atoms with Crippen LogP contribution in [0.15, 0.2) is 30.3 Å². The van der Waals surface area contributed by atoms with Crippen molar-refractivity contribution in [1.29, 1.82) is 10.5 Å². The van der Waals surface area contributed by atoms with E-state index in [9.17, 15) is 10.5 Å². The molecule has 188 valence electrons. The Labute approximate surface area is 215 Å². The van der Waals surface area contributed by atoms with E-state index in [1.54, 1.807) is 0 Å². The highest BCUT2D eigenvalue weighted by atomic mass is 15.3. The lowest BCUT2D eigenvalue weighted by Gasteiger charge is -2.42. The Morgan fingerprint density at radius 1 is 0.667 bits per heavy atom. The van der Waals surface area contributed by atoms with E-state index >= 15 is 0 Å². The Bertz CT molecular complexity index is 1030. The van der Waals surface area contributed by atoms with Crippen LogP contribution in [-0.4, -0.2) is 85.3 Å². The third kappa shape index (κ3) is 7.76. The molecule has 2 heterocycles. The molecular formula is C28H38N8+2. The van der Waals surface area contributed by atoms with Crippen molar-refractivity contribution in [3.05, 3.63) is 45.8 Å². The molecule has 8 nitrogen and oxygen atoms in total. The van der Waals surface area contributed by atoms with Crippen LogP contribution < -0.4 is 0 Å². The van der Waals surface area contributed by atoms with Crippen LogP contribution in [0, 0.1) is 46.6 Å². The Morgan fingerprint density at radius 2 is 1.19 bits per heavy atom. The standard InChI is InChI=1S/C28H38N8/c29-11-15-33-19-27(25-7-3-1-4-8-25)21-35(23-33)17-13-31-32-14-18-36-22-28(20-34(24-36)16-12-30)26-9-5-2-6-10-26/h1,3-4,7-8,26-28H,2,5-6,9-10,15-24H2/q+2. The van der Waals surface area contributed by atoms with Crippen molar-refractivity contribution in [2.45, 2.75) is 38.0 Å². The fourth-order valence-corrected chi connectivity index (χ4v) is 6.03. The zero-order valence-electron chi connectivity index (χ0n) is 21.3. The van der Waals surface area contributed by atoms with Gasteiger partial charge in [0.1, 0.15) is 13.1 Å². The van der Waals surface area contributed by atoms with Gasteiger partial charge in [-0.05, 0) is 17.4 Å². The van der Waals surface area contributed by atoms with Crippen LogP contribution in [0.25, 0.3) is 9.91 Å². The SMILES string of the molecule is N#CCN1CC(c2ccccc2)CN(CC#[N+][N+]#CCN2CC(C3CCCCC3)CN(CC#N)C2)C1. The average Bonchev–Trinajstić information content (AvgIpc) is 2.92. The first-order valence-corrected chi connectivity index (χ1v) is 13.3. The van der Waals surface area contributed by atoms with Gasteiger partial charge in [-0.2, -0.15) is 10.5 Å². The number of hydrogen-bond acceptors (Lipinski definition) is 6. The van der Waals surface area contributed by atoms with E-state index in [-0.39, 0.29) is 0 Å². The van der Waals surface area contributed by atoms with Crippen molar-refractivity contribution in [3.63, 3.8) is 0 Å². The summed E-state index contributed by atoms with van der Waals surface area (Å²) >= 11 is 0. The topological polar surface area (TPSA) is 69.3 Å². The number of rotatable bonds is 6. The molecule has 1 aliphatic carbocycles. The van der Waals surface area contributed by atoms with Gasteiger partial charge in [-0.3, -0.25) is 19.6 Å². The summed E-state index contributed by atoms with van der Waals surface area (Å²) in [5, 5.41) is 18.4. The first-order chi connectivity index (χ1) is 17.7. The molecule has 2 saturated heterocycles. The van der Waals surface area contributed by atoms with Gasteiger partial charge >= 0.3 is 22.0 Å². The van der Waals surface area contributed by atoms with Gasteiger partial charge in [-0.25, -0.2) is 0 Å². The largest absolute Gasteiger partial charge is 0.405 e. The number of nitrogens with zero attached hydrogens (tertiary/aromatic N) is 8. The summed E-state index contributed by atoms with van der Waals surface area (Å²) in [7, 11) is 0. The van der Waals surface area contributed by atoms with Crippen molar-refractivity contribution < 1.29 is 0 Å². The van der Waals surface area contributed by atoms with Crippen LogP contribution in [0.3, 0.4) is 0 Å². The Hall–Kier alpha value is -2.98. The molecular weight excluding hydrogens is 448 g/mol. The van der Waals surface area contributed by atoms with Crippen LogP contribution in [0.5, 0.6) is 0 Å². The van der Waals surface area contributed by atoms with Gasteiger partial charge in [-0.15, -0.1) is 0 Å². The molecule has 1 aromatic rings. The summed E-state index contributed by atoms with van der Waals surface area (Å²) in [6.45, 7) is 7.48. The molecule has 0 aromatic heterocycles. The zero-order chi connectivity index (χ0) is 25.0. The summed E-state index contributed by atoms with van der Waals surface area (Å²) in [5.74, 6) is 1.76. The highest BCUT2D eigenvalue weighted by molar-refractivity contribution is 5.21. The van der Waals surface area contributed by atoms with Gasteiger partial charge < -0.3 is 0 Å². The first-order valence-electron chi connectivity index (χ1n) is 13.3. The van der Waals surface area contributed by atoms with Crippen molar-refractivity contribution in [1.82, 2.24) is 19.6 Å². The second-order valence-electron chi connectivity index (χ2n) is 10.4. The maximum Gasteiger partial charge on any atom is 0.405 e. The van der Waals surface area contributed by atoms with Gasteiger partial charge in [0.2, 0.25) is 0 Å². The maximum absolute atomic E-state index is 9.22. The van der Waals surface area contributed by atoms with Crippen molar-refractivity contribution in [3.8, 4) is 24.3 Å². The molecule has 0 spiro atoms. The summed E-state index contributed by atoms with van der Waals surface area (Å²) in [6, 6.07) is 21.2. The van der Waals surface area contributed by atoms with Crippen LogP contribution in [-0.2, 0) is 0 Å². The van der Waals surface area contributed by atoms with E-state index in [0.29, 0.717) is 38.0 Å². The fraction of sp³-hybridized carbons (Fsp3) is 0.643. The van der Waals surface area contributed by atoms with E-state index in [4.69, 9.17) is 0 Å². The van der Waals surface area contributed by atoms with Gasteiger partial charge in [0, 0.05) is 32.1 Å². The predicted molar refractivity (Wildman–Crippen MR) is 141 cm³/mol. The van der Waals surface area contributed by atoms with Crippen LogP contribution in [0.4, 0.5) is 0 Å².